The van der Waals surface area contributed by atoms with Crippen molar-refractivity contribution in [3.8, 4) is 11.5 Å². The maximum absolute atomic E-state index is 12.5. The molecule has 0 radical (unpaired) electrons. The van der Waals surface area contributed by atoms with Gasteiger partial charge in [-0.25, -0.2) is 5.43 Å². The molecule has 0 heterocycles. The molecular weight excluding hydrogens is 394 g/mol. The minimum absolute atomic E-state index is 0.142. The first-order chi connectivity index (χ1) is 13.8. The Labute approximate surface area is 175 Å². The van der Waals surface area contributed by atoms with Crippen molar-refractivity contribution in [1.29, 1.82) is 0 Å². The van der Waals surface area contributed by atoms with Crippen molar-refractivity contribution >= 4 is 29.6 Å². The Morgan fingerprint density at radius 3 is 2.34 bits per heavy atom. The fourth-order valence-corrected chi connectivity index (χ4v) is 2.65. The second kappa shape index (κ2) is 10.5. The maximum atomic E-state index is 12.5. The molecule has 0 bridgehead atoms. The number of carbonyl (C=O) groups is 2. The van der Waals surface area contributed by atoms with Gasteiger partial charge >= 0.3 is 0 Å². The quantitative estimate of drug-likeness (QED) is 0.509. The number of methoxy groups -OCH3 is 2. The van der Waals surface area contributed by atoms with Gasteiger partial charge in [0.25, 0.3) is 11.8 Å². The molecule has 8 heteroatoms. The Morgan fingerprint density at radius 2 is 1.76 bits per heavy atom. The van der Waals surface area contributed by atoms with Gasteiger partial charge in [0.05, 0.1) is 20.4 Å². The highest BCUT2D eigenvalue weighted by atomic mass is 35.5. The van der Waals surface area contributed by atoms with Gasteiger partial charge in [-0.1, -0.05) is 25.4 Å². The molecule has 0 saturated heterocycles. The number of hydrogen-bond acceptors (Lipinski definition) is 5. The lowest BCUT2D eigenvalue weighted by Crippen LogP contribution is -2.48. The number of rotatable bonds is 8. The van der Waals surface area contributed by atoms with Crippen LogP contribution in [0.15, 0.2) is 47.6 Å². The van der Waals surface area contributed by atoms with E-state index < -0.39 is 11.9 Å². The molecule has 1 atom stereocenters. The number of halogens is 1. The number of benzene rings is 2. The Morgan fingerprint density at radius 1 is 1.07 bits per heavy atom. The van der Waals surface area contributed by atoms with E-state index in [1.54, 1.807) is 49.6 Å². The van der Waals surface area contributed by atoms with Crippen LogP contribution in [0.4, 0.5) is 0 Å². The van der Waals surface area contributed by atoms with Crippen LogP contribution in [-0.4, -0.2) is 38.3 Å². The Hall–Kier alpha value is -3.06. The molecule has 1 unspecified atom stereocenters. The summed E-state index contributed by atoms with van der Waals surface area (Å²) in [4.78, 5) is 25.0. The van der Waals surface area contributed by atoms with Crippen LogP contribution < -0.4 is 20.2 Å². The number of nitrogens with zero attached hydrogens (tertiary/aromatic N) is 1. The molecule has 0 aliphatic carbocycles. The number of nitrogens with one attached hydrogen (secondary N) is 2. The predicted octanol–water partition coefficient (Wildman–Crippen LogP) is 3.26. The van der Waals surface area contributed by atoms with Crippen LogP contribution in [0, 0.1) is 5.92 Å². The molecule has 0 aromatic heterocycles. The number of carbonyl (C=O) groups excluding carboxylic acids is 2. The molecule has 29 heavy (non-hydrogen) atoms. The summed E-state index contributed by atoms with van der Waals surface area (Å²) in [7, 11) is 3.10. The molecule has 2 amide bonds. The summed E-state index contributed by atoms with van der Waals surface area (Å²) in [6.07, 6.45) is 1.47. The van der Waals surface area contributed by atoms with Crippen LogP contribution in [0.1, 0.15) is 29.8 Å². The number of amides is 2. The summed E-state index contributed by atoms with van der Waals surface area (Å²) < 4.78 is 10.4. The van der Waals surface area contributed by atoms with Gasteiger partial charge < -0.3 is 14.8 Å². The van der Waals surface area contributed by atoms with Crippen LogP contribution >= 0.6 is 11.6 Å². The third-order valence-electron chi connectivity index (χ3n) is 4.16. The molecule has 0 fully saturated rings. The van der Waals surface area contributed by atoms with Crippen LogP contribution in [0.25, 0.3) is 0 Å². The van der Waals surface area contributed by atoms with E-state index in [0.717, 1.165) is 0 Å². The molecule has 0 spiro atoms. The van der Waals surface area contributed by atoms with E-state index in [1.807, 2.05) is 13.8 Å². The van der Waals surface area contributed by atoms with E-state index >= 15 is 0 Å². The summed E-state index contributed by atoms with van der Waals surface area (Å²) in [5.74, 6) is 0.269. The van der Waals surface area contributed by atoms with Crippen LogP contribution in [0.3, 0.4) is 0 Å². The normalized spacial score (nSPS) is 11.9. The minimum atomic E-state index is -0.756. The molecule has 2 aromatic rings. The average molecular weight is 418 g/mol. The van der Waals surface area contributed by atoms with Gasteiger partial charge in [0.1, 0.15) is 17.5 Å². The van der Waals surface area contributed by atoms with E-state index in [1.165, 1.54) is 13.3 Å². The molecule has 7 nitrogen and oxygen atoms in total. The van der Waals surface area contributed by atoms with E-state index in [-0.39, 0.29) is 11.8 Å². The molecule has 0 aliphatic heterocycles. The van der Waals surface area contributed by atoms with Gasteiger partial charge in [0.2, 0.25) is 0 Å². The Kier molecular flexibility index (Phi) is 8.03. The van der Waals surface area contributed by atoms with Crippen LogP contribution in [0.2, 0.25) is 5.02 Å². The second-order valence-corrected chi connectivity index (χ2v) is 6.98. The fourth-order valence-electron chi connectivity index (χ4n) is 2.52. The van der Waals surface area contributed by atoms with Gasteiger partial charge in [-0.15, -0.1) is 0 Å². The molecule has 2 aromatic carbocycles. The zero-order chi connectivity index (χ0) is 21.4. The molecule has 2 N–H and O–H groups in total. The molecule has 154 valence electrons. The highest BCUT2D eigenvalue weighted by molar-refractivity contribution is 6.30. The van der Waals surface area contributed by atoms with Crippen molar-refractivity contribution in [3.63, 3.8) is 0 Å². The fraction of sp³-hybridized carbons (Fsp3) is 0.286. The Bertz CT molecular complexity index is 882. The summed E-state index contributed by atoms with van der Waals surface area (Å²) in [6, 6.07) is 10.9. The van der Waals surface area contributed by atoms with Crippen molar-refractivity contribution in [2.24, 2.45) is 11.0 Å². The van der Waals surface area contributed by atoms with Crippen molar-refractivity contribution in [3.05, 3.63) is 58.6 Å². The third kappa shape index (κ3) is 6.22. The molecular formula is C21H24ClN3O4. The lowest BCUT2D eigenvalue weighted by molar-refractivity contribution is -0.123. The van der Waals surface area contributed by atoms with E-state index in [4.69, 9.17) is 21.1 Å². The number of ether oxygens (including phenoxy) is 2. The minimum Gasteiger partial charge on any atom is -0.497 e. The second-order valence-electron chi connectivity index (χ2n) is 6.54. The lowest BCUT2D eigenvalue weighted by Gasteiger charge is -2.20. The van der Waals surface area contributed by atoms with E-state index in [9.17, 15) is 9.59 Å². The van der Waals surface area contributed by atoms with E-state index in [0.29, 0.717) is 27.6 Å². The number of hydrogen-bond donors (Lipinski definition) is 2. The van der Waals surface area contributed by atoms with E-state index in [2.05, 4.69) is 15.8 Å². The van der Waals surface area contributed by atoms with Crippen molar-refractivity contribution in [2.45, 2.75) is 19.9 Å². The predicted molar refractivity (Wildman–Crippen MR) is 113 cm³/mol. The van der Waals surface area contributed by atoms with Crippen molar-refractivity contribution < 1.29 is 19.1 Å². The smallest absolute Gasteiger partial charge is 0.262 e. The first-order valence-corrected chi connectivity index (χ1v) is 9.35. The van der Waals surface area contributed by atoms with Crippen LogP contribution in [0.5, 0.6) is 11.5 Å². The highest BCUT2D eigenvalue weighted by Gasteiger charge is 2.24. The van der Waals surface area contributed by atoms with Gasteiger partial charge in [-0.2, -0.15) is 5.10 Å². The van der Waals surface area contributed by atoms with Crippen molar-refractivity contribution in [2.75, 3.05) is 14.2 Å². The SMILES string of the molecule is COc1ccc(C=NNC(=O)C(NC(=O)c2ccc(Cl)cc2)C(C)C)c(OC)c1. The van der Waals surface area contributed by atoms with Crippen molar-refractivity contribution in [1.82, 2.24) is 10.7 Å². The summed E-state index contributed by atoms with van der Waals surface area (Å²) in [6.45, 7) is 3.67. The zero-order valence-electron chi connectivity index (χ0n) is 16.7. The summed E-state index contributed by atoms with van der Waals surface area (Å²) in [5, 5.41) is 7.25. The monoisotopic (exact) mass is 417 g/mol. The number of hydrazone groups is 1. The topological polar surface area (TPSA) is 89.0 Å². The first-order valence-electron chi connectivity index (χ1n) is 8.97. The summed E-state index contributed by atoms with van der Waals surface area (Å²) in [5.41, 5.74) is 3.55. The lowest BCUT2D eigenvalue weighted by atomic mass is 10.0. The standard InChI is InChI=1S/C21H24ClN3O4/c1-13(2)19(24-20(26)14-5-8-16(22)9-6-14)21(27)25-23-12-15-7-10-17(28-3)11-18(15)29-4/h5-13,19H,1-4H3,(H,24,26)(H,25,27). The zero-order valence-corrected chi connectivity index (χ0v) is 17.5. The summed E-state index contributed by atoms with van der Waals surface area (Å²) >= 11 is 5.84. The molecule has 2 rings (SSSR count). The highest BCUT2D eigenvalue weighted by Crippen LogP contribution is 2.23. The first kappa shape index (κ1) is 22.2. The van der Waals surface area contributed by atoms with Gasteiger partial charge in [-0.05, 0) is 42.3 Å². The maximum Gasteiger partial charge on any atom is 0.262 e. The third-order valence-corrected chi connectivity index (χ3v) is 4.41. The average Bonchev–Trinajstić information content (AvgIpc) is 2.72. The molecule has 0 aliphatic rings. The largest absolute Gasteiger partial charge is 0.497 e. The molecule has 0 saturated carbocycles. The van der Waals surface area contributed by atoms with Gasteiger partial charge in [0.15, 0.2) is 0 Å². The van der Waals surface area contributed by atoms with Gasteiger partial charge in [-0.3, -0.25) is 9.59 Å². The van der Waals surface area contributed by atoms with Crippen LogP contribution in [-0.2, 0) is 4.79 Å². The Balaban J connectivity index is 2.05. The van der Waals surface area contributed by atoms with Gasteiger partial charge in [0, 0.05) is 22.2 Å².